The summed E-state index contributed by atoms with van der Waals surface area (Å²) >= 11 is 5.94. The molecule has 7 heteroatoms. The molecule has 128 valence electrons. The third-order valence-corrected chi connectivity index (χ3v) is 4.33. The summed E-state index contributed by atoms with van der Waals surface area (Å²) in [6, 6.07) is 5.32. The SMILES string of the molecule is Cc1cccc(F)c1NCc1cnc(Cl)nc1N[C@@H]1CCCNC1. The largest absolute Gasteiger partial charge is 0.378 e. The second-order valence-corrected chi connectivity index (χ2v) is 6.32. The Hall–Kier alpha value is -1.92. The van der Waals surface area contributed by atoms with Crippen molar-refractivity contribution in [2.75, 3.05) is 23.7 Å². The number of anilines is 2. The van der Waals surface area contributed by atoms with E-state index in [1.54, 1.807) is 12.3 Å². The molecule has 2 heterocycles. The summed E-state index contributed by atoms with van der Waals surface area (Å²) in [7, 11) is 0. The van der Waals surface area contributed by atoms with Crippen LogP contribution in [0.25, 0.3) is 0 Å². The van der Waals surface area contributed by atoms with Gasteiger partial charge in [-0.15, -0.1) is 0 Å². The lowest BCUT2D eigenvalue weighted by molar-refractivity contribution is 0.478. The van der Waals surface area contributed by atoms with Gasteiger partial charge < -0.3 is 16.0 Å². The number of para-hydroxylation sites is 1. The molecule has 24 heavy (non-hydrogen) atoms. The summed E-state index contributed by atoms with van der Waals surface area (Å²) in [6.07, 6.45) is 3.88. The van der Waals surface area contributed by atoms with Crippen LogP contribution in [-0.4, -0.2) is 29.1 Å². The average molecular weight is 350 g/mol. The number of halogens is 2. The molecular formula is C17H21ClFN5. The first-order chi connectivity index (χ1) is 11.6. The molecule has 3 N–H and O–H groups in total. The van der Waals surface area contributed by atoms with Gasteiger partial charge in [0.25, 0.3) is 0 Å². The van der Waals surface area contributed by atoms with Gasteiger partial charge >= 0.3 is 0 Å². The second kappa shape index (κ2) is 7.77. The number of piperidine rings is 1. The van der Waals surface area contributed by atoms with Gasteiger partial charge in [-0.05, 0) is 49.5 Å². The standard InChI is InChI=1S/C17H21ClFN5/c1-11-4-2-6-14(19)15(11)21-8-12-9-22-17(18)24-16(12)23-13-5-3-7-20-10-13/h2,4,6,9,13,20-21H,3,5,7-8,10H2,1H3,(H,22,23,24)/t13-/m1/s1. The van der Waals surface area contributed by atoms with Crippen LogP contribution in [0.2, 0.25) is 5.28 Å². The summed E-state index contributed by atoms with van der Waals surface area (Å²) < 4.78 is 14.0. The van der Waals surface area contributed by atoms with Gasteiger partial charge in [-0.2, -0.15) is 0 Å². The highest BCUT2D eigenvalue weighted by molar-refractivity contribution is 6.28. The third kappa shape index (κ3) is 4.13. The zero-order valence-electron chi connectivity index (χ0n) is 13.6. The van der Waals surface area contributed by atoms with E-state index >= 15 is 0 Å². The Bertz CT molecular complexity index is 683. The lowest BCUT2D eigenvalue weighted by Gasteiger charge is -2.25. The molecule has 0 bridgehead atoms. The van der Waals surface area contributed by atoms with Crippen molar-refractivity contribution in [3.8, 4) is 0 Å². The number of hydrogen-bond donors (Lipinski definition) is 3. The van der Waals surface area contributed by atoms with E-state index in [2.05, 4.69) is 25.9 Å². The Kier molecular flexibility index (Phi) is 5.48. The zero-order chi connectivity index (χ0) is 16.9. The monoisotopic (exact) mass is 349 g/mol. The van der Waals surface area contributed by atoms with Crippen LogP contribution in [0.4, 0.5) is 15.9 Å². The van der Waals surface area contributed by atoms with Gasteiger partial charge in [-0.25, -0.2) is 14.4 Å². The highest BCUT2D eigenvalue weighted by Crippen LogP contribution is 2.22. The molecule has 1 aliphatic rings. The maximum atomic E-state index is 14.0. The van der Waals surface area contributed by atoms with E-state index in [1.807, 2.05) is 13.0 Å². The van der Waals surface area contributed by atoms with Crippen molar-refractivity contribution in [2.45, 2.75) is 32.4 Å². The number of nitrogens with zero attached hydrogens (tertiary/aromatic N) is 2. The van der Waals surface area contributed by atoms with Gasteiger partial charge in [0.15, 0.2) is 0 Å². The van der Waals surface area contributed by atoms with Crippen LogP contribution in [0.1, 0.15) is 24.0 Å². The van der Waals surface area contributed by atoms with Crippen molar-refractivity contribution in [2.24, 2.45) is 0 Å². The highest BCUT2D eigenvalue weighted by Gasteiger charge is 2.16. The third-order valence-electron chi connectivity index (χ3n) is 4.15. The molecule has 1 atom stereocenters. The summed E-state index contributed by atoms with van der Waals surface area (Å²) in [5.41, 5.74) is 2.21. The van der Waals surface area contributed by atoms with E-state index in [-0.39, 0.29) is 11.1 Å². The van der Waals surface area contributed by atoms with E-state index in [9.17, 15) is 4.39 Å². The fraction of sp³-hybridized carbons (Fsp3) is 0.412. The van der Waals surface area contributed by atoms with E-state index in [0.717, 1.165) is 37.1 Å². The van der Waals surface area contributed by atoms with Gasteiger partial charge in [-0.3, -0.25) is 0 Å². The van der Waals surface area contributed by atoms with Crippen molar-refractivity contribution in [3.05, 3.63) is 46.6 Å². The Labute approximate surface area is 146 Å². The first-order valence-electron chi connectivity index (χ1n) is 8.11. The molecule has 0 aliphatic carbocycles. The minimum Gasteiger partial charge on any atom is -0.378 e. The van der Waals surface area contributed by atoms with Crippen LogP contribution >= 0.6 is 11.6 Å². The Balaban J connectivity index is 1.75. The first-order valence-corrected chi connectivity index (χ1v) is 8.49. The molecular weight excluding hydrogens is 329 g/mol. The van der Waals surface area contributed by atoms with E-state index < -0.39 is 0 Å². The number of benzene rings is 1. The summed E-state index contributed by atoms with van der Waals surface area (Å²) in [6.45, 7) is 4.22. The number of aromatic nitrogens is 2. The van der Waals surface area contributed by atoms with Crippen LogP contribution in [0, 0.1) is 12.7 Å². The molecule has 0 radical (unpaired) electrons. The van der Waals surface area contributed by atoms with Gasteiger partial charge in [0.2, 0.25) is 5.28 Å². The topological polar surface area (TPSA) is 61.9 Å². The molecule has 3 rings (SSSR count). The van der Waals surface area contributed by atoms with Gasteiger partial charge in [-0.1, -0.05) is 12.1 Å². The molecule has 1 aromatic carbocycles. The maximum Gasteiger partial charge on any atom is 0.224 e. The van der Waals surface area contributed by atoms with Gasteiger partial charge in [0.05, 0.1) is 5.69 Å². The molecule has 0 saturated carbocycles. The normalized spacial score (nSPS) is 17.5. The second-order valence-electron chi connectivity index (χ2n) is 5.99. The predicted octanol–water partition coefficient (Wildman–Crippen LogP) is 3.35. The summed E-state index contributed by atoms with van der Waals surface area (Å²) in [4.78, 5) is 8.36. The summed E-state index contributed by atoms with van der Waals surface area (Å²) in [5, 5.41) is 10.1. The summed E-state index contributed by atoms with van der Waals surface area (Å²) in [5.74, 6) is 0.432. The van der Waals surface area contributed by atoms with Crippen LogP contribution in [-0.2, 0) is 6.54 Å². The maximum absolute atomic E-state index is 14.0. The zero-order valence-corrected chi connectivity index (χ0v) is 14.3. The molecule has 2 aromatic rings. The minimum atomic E-state index is -0.268. The fourth-order valence-corrected chi connectivity index (χ4v) is 2.98. The van der Waals surface area contributed by atoms with Crippen LogP contribution in [0.15, 0.2) is 24.4 Å². The Morgan fingerprint density at radius 1 is 1.42 bits per heavy atom. The van der Waals surface area contributed by atoms with Crippen molar-refractivity contribution < 1.29 is 4.39 Å². The average Bonchev–Trinajstić information content (AvgIpc) is 2.57. The number of rotatable bonds is 5. The van der Waals surface area contributed by atoms with Gasteiger partial charge in [0.1, 0.15) is 11.6 Å². The fourth-order valence-electron chi connectivity index (χ4n) is 2.85. The molecule has 1 aromatic heterocycles. The lowest BCUT2D eigenvalue weighted by Crippen LogP contribution is -2.38. The van der Waals surface area contributed by atoms with Crippen LogP contribution in [0.5, 0.6) is 0 Å². The highest BCUT2D eigenvalue weighted by atomic mass is 35.5. The van der Waals surface area contributed by atoms with Crippen molar-refractivity contribution in [1.82, 2.24) is 15.3 Å². The molecule has 0 spiro atoms. The molecule has 1 saturated heterocycles. The van der Waals surface area contributed by atoms with E-state index in [1.165, 1.54) is 6.07 Å². The molecule has 1 aliphatic heterocycles. The number of hydrogen-bond acceptors (Lipinski definition) is 5. The quantitative estimate of drug-likeness (QED) is 0.722. The van der Waals surface area contributed by atoms with Crippen molar-refractivity contribution in [1.29, 1.82) is 0 Å². The van der Waals surface area contributed by atoms with Crippen LogP contribution < -0.4 is 16.0 Å². The minimum absolute atomic E-state index is 0.201. The molecule has 0 unspecified atom stereocenters. The van der Waals surface area contributed by atoms with E-state index in [4.69, 9.17) is 11.6 Å². The lowest BCUT2D eigenvalue weighted by atomic mass is 10.1. The van der Waals surface area contributed by atoms with Crippen molar-refractivity contribution >= 4 is 23.1 Å². The number of aryl methyl sites for hydroxylation is 1. The van der Waals surface area contributed by atoms with E-state index in [0.29, 0.717) is 24.1 Å². The van der Waals surface area contributed by atoms with Crippen molar-refractivity contribution in [3.63, 3.8) is 0 Å². The smallest absolute Gasteiger partial charge is 0.224 e. The first kappa shape index (κ1) is 16.9. The van der Waals surface area contributed by atoms with Gasteiger partial charge in [0, 0.05) is 30.9 Å². The molecule has 5 nitrogen and oxygen atoms in total. The predicted molar refractivity (Wildman–Crippen MR) is 95.0 cm³/mol. The molecule has 0 amide bonds. The Morgan fingerprint density at radius 3 is 3.04 bits per heavy atom. The van der Waals surface area contributed by atoms with Crippen LogP contribution in [0.3, 0.4) is 0 Å². The molecule has 1 fully saturated rings. The Morgan fingerprint density at radius 2 is 2.29 bits per heavy atom. The number of nitrogens with one attached hydrogen (secondary N) is 3.